The molecule has 10 heteroatoms. The lowest BCUT2D eigenvalue weighted by atomic mass is 10.1. The number of para-hydroxylation sites is 2. The third-order valence-electron chi connectivity index (χ3n) is 5.98. The molecule has 2 aromatic heterocycles. The normalized spacial score (nSPS) is 10.7. The number of carbonyl (C=O) groups excluding carboxylic acids is 1. The zero-order valence-electron chi connectivity index (χ0n) is 21.7. The molecule has 0 saturated heterocycles. The first-order valence-electron chi connectivity index (χ1n) is 12.5. The van der Waals surface area contributed by atoms with Crippen LogP contribution in [0, 0.1) is 6.92 Å². The Morgan fingerprint density at radius 1 is 0.800 bits per heavy atom. The van der Waals surface area contributed by atoms with Crippen LogP contribution in [0.2, 0.25) is 0 Å². The number of rotatable bonds is 6. The number of nitrogens with zero attached hydrogens (tertiary/aromatic N) is 6. The third-order valence-corrected chi connectivity index (χ3v) is 5.98. The molecule has 0 aliphatic carbocycles. The van der Waals surface area contributed by atoms with Gasteiger partial charge in [-0.2, -0.15) is 0 Å². The van der Waals surface area contributed by atoms with Gasteiger partial charge in [0.25, 0.3) is 0 Å². The maximum atomic E-state index is 11.1. The molecule has 40 heavy (non-hydrogen) atoms. The number of benzene rings is 4. The molecule has 0 saturated carbocycles. The van der Waals surface area contributed by atoms with E-state index < -0.39 is 5.97 Å². The molecule has 2 heterocycles. The fourth-order valence-electron chi connectivity index (χ4n) is 4.07. The van der Waals surface area contributed by atoms with E-state index in [1.54, 1.807) is 18.2 Å². The van der Waals surface area contributed by atoms with E-state index in [-0.39, 0.29) is 18.1 Å². The lowest BCUT2D eigenvalue weighted by molar-refractivity contribution is -0.137. The maximum Gasteiger partial charge on any atom is 0.330 e. The van der Waals surface area contributed by atoms with Crippen molar-refractivity contribution in [3.05, 3.63) is 109 Å². The van der Waals surface area contributed by atoms with E-state index in [0.717, 1.165) is 33.7 Å². The van der Waals surface area contributed by atoms with Gasteiger partial charge in [-0.1, -0.05) is 49.0 Å². The monoisotopic (exact) mass is 534 g/mol. The highest BCUT2D eigenvalue weighted by atomic mass is 16.5. The van der Waals surface area contributed by atoms with E-state index in [2.05, 4.69) is 27.0 Å². The number of ether oxygens (including phenoxy) is 1. The molecule has 0 spiro atoms. The number of aromatic nitrogens is 6. The molecule has 0 radical (unpaired) electrons. The van der Waals surface area contributed by atoms with Crippen molar-refractivity contribution in [3.8, 4) is 22.9 Å². The minimum atomic E-state index is -0.484. The van der Waals surface area contributed by atoms with Crippen molar-refractivity contribution in [2.75, 3.05) is 6.61 Å². The van der Waals surface area contributed by atoms with Crippen LogP contribution in [0.15, 0.2) is 97.6 Å². The Bertz CT molecular complexity index is 1760. The summed E-state index contributed by atoms with van der Waals surface area (Å²) in [5.74, 6) is -0.235. The van der Waals surface area contributed by atoms with Gasteiger partial charge in [-0.3, -0.25) is 0 Å². The van der Waals surface area contributed by atoms with Gasteiger partial charge < -0.3 is 14.9 Å². The summed E-state index contributed by atoms with van der Waals surface area (Å²) in [4.78, 5) is 14.0. The van der Waals surface area contributed by atoms with Crippen molar-refractivity contribution in [2.45, 2.75) is 13.3 Å². The van der Waals surface area contributed by atoms with E-state index in [0.29, 0.717) is 23.4 Å². The fraction of sp³-hybridized carbons (Fsp3) is 0.100. The first-order chi connectivity index (χ1) is 19.4. The number of hydrogen-bond donors (Lipinski definition) is 2. The van der Waals surface area contributed by atoms with Crippen molar-refractivity contribution in [1.29, 1.82) is 0 Å². The number of phenolic OH excluding ortho intramolecular Hbond substituents is 2. The van der Waals surface area contributed by atoms with Crippen molar-refractivity contribution in [3.63, 3.8) is 0 Å². The van der Waals surface area contributed by atoms with Gasteiger partial charge in [0.05, 0.1) is 6.61 Å². The molecule has 0 unspecified atom stereocenters. The first-order valence-corrected chi connectivity index (χ1v) is 12.5. The Balaban J connectivity index is 0.000000174. The van der Waals surface area contributed by atoms with Crippen LogP contribution in [0.3, 0.4) is 0 Å². The van der Waals surface area contributed by atoms with Gasteiger partial charge in [0.2, 0.25) is 0 Å². The Morgan fingerprint density at radius 3 is 1.82 bits per heavy atom. The number of hydrogen-bond acceptors (Lipinski definition) is 8. The second-order valence-electron chi connectivity index (χ2n) is 8.86. The number of esters is 1. The van der Waals surface area contributed by atoms with Gasteiger partial charge >= 0.3 is 5.97 Å². The number of fused-ring (bicyclic) bond motifs is 2. The van der Waals surface area contributed by atoms with E-state index in [9.17, 15) is 15.0 Å². The molecule has 10 nitrogen and oxygen atoms in total. The molecule has 6 rings (SSSR count). The standard InChI is InChI=1S/C18H17N3O3.C12H9N3O/c1-3-17(22)24-9-8-13-10-12(2)11-16(18(13)23)21-19-14-6-4-5-7-15(14)20-21;16-12-8-4-3-7-11(12)15-13-9-5-1-2-6-10(9)14-15/h3-7,10-11,23H,1,8-9H2,2H3;1-8,16H. The second kappa shape index (κ2) is 11.5. The predicted molar refractivity (Wildman–Crippen MR) is 151 cm³/mol. The predicted octanol–water partition coefficient (Wildman–Crippen LogP) is 4.83. The van der Waals surface area contributed by atoms with Crippen molar-refractivity contribution in [1.82, 2.24) is 30.0 Å². The lowest BCUT2D eigenvalue weighted by Gasteiger charge is -2.11. The highest BCUT2D eigenvalue weighted by molar-refractivity contribution is 5.81. The Kier molecular flexibility index (Phi) is 7.49. The van der Waals surface area contributed by atoms with Crippen LogP contribution in [0.4, 0.5) is 0 Å². The smallest absolute Gasteiger partial charge is 0.330 e. The summed E-state index contributed by atoms with van der Waals surface area (Å²) in [6.07, 6.45) is 1.50. The highest BCUT2D eigenvalue weighted by Crippen LogP contribution is 2.28. The zero-order valence-corrected chi connectivity index (χ0v) is 21.7. The van der Waals surface area contributed by atoms with Gasteiger partial charge in [-0.25, -0.2) is 4.79 Å². The molecular formula is C30H26N6O4. The molecular weight excluding hydrogens is 508 g/mol. The van der Waals surface area contributed by atoms with Crippen LogP contribution in [-0.2, 0) is 16.0 Å². The van der Waals surface area contributed by atoms with Gasteiger partial charge in [0.1, 0.15) is 44.9 Å². The van der Waals surface area contributed by atoms with Crippen LogP contribution in [0.5, 0.6) is 11.5 Å². The van der Waals surface area contributed by atoms with Crippen molar-refractivity contribution >= 4 is 28.0 Å². The van der Waals surface area contributed by atoms with Crippen LogP contribution in [-0.4, -0.2) is 52.8 Å². The fourth-order valence-corrected chi connectivity index (χ4v) is 4.07. The Hall–Kier alpha value is -5.51. The summed E-state index contributed by atoms with van der Waals surface area (Å²) in [6, 6.07) is 25.7. The summed E-state index contributed by atoms with van der Waals surface area (Å²) in [5.41, 5.74) is 5.82. The average molecular weight is 535 g/mol. The van der Waals surface area contributed by atoms with Crippen molar-refractivity contribution < 1.29 is 19.7 Å². The second-order valence-corrected chi connectivity index (χ2v) is 8.86. The number of phenols is 2. The Morgan fingerprint density at radius 2 is 1.30 bits per heavy atom. The average Bonchev–Trinajstić information content (AvgIpc) is 3.59. The number of aryl methyl sites for hydroxylation is 1. The molecule has 2 N–H and O–H groups in total. The molecule has 6 aromatic rings. The van der Waals surface area contributed by atoms with Gasteiger partial charge in [-0.15, -0.1) is 30.0 Å². The third kappa shape index (κ3) is 5.65. The molecule has 0 bridgehead atoms. The molecule has 0 atom stereocenters. The van der Waals surface area contributed by atoms with Crippen LogP contribution < -0.4 is 0 Å². The van der Waals surface area contributed by atoms with Crippen molar-refractivity contribution in [2.24, 2.45) is 0 Å². The summed E-state index contributed by atoms with van der Waals surface area (Å²) in [6.45, 7) is 5.43. The van der Waals surface area contributed by atoms with Crippen LogP contribution in [0.1, 0.15) is 11.1 Å². The highest BCUT2D eigenvalue weighted by Gasteiger charge is 2.14. The zero-order chi connectivity index (χ0) is 28.1. The summed E-state index contributed by atoms with van der Waals surface area (Å²) in [5, 5.41) is 37.6. The minimum absolute atomic E-state index is 0.0792. The summed E-state index contributed by atoms with van der Waals surface area (Å²) >= 11 is 0. The lowest BCUT2D eigenvalue weighted by Crippen LogP contribution is -2.06. The largest absolute Gasteiger partial charge is 0.506 e. The summed E-state index contributed by atoms with van der Waals surface area (Å²) < 4.78 is 4.98. The van der Waals surface area contributed by atoms with Gasteiger partial charge in [0, 0.05) is 12.5 Å². The SMILES string of the molecule is C=CC(=O)OCCc1cc(C)cc(-n2nc3ccccc3n2)c1O.Oc1ccccc1-n1nc2ccccc2n1. The van der Waals surface area contributed by atoms with E-state index >= 15 is 0 Å². The van der Waals surface area contributed by atoms with Gasteiger partial charge in [-0.05, 0) is 60.5 Å². The van der Waals surface area contributed by atoms with Gasteiger partial charge in [0.15, 0.2) is 0 Å². The molecule has 200 valence electrons. The van der Waals surface area contributed by atoms with Crippen LogP contribution >= 0.6 is 0 Å². The van der Waals surface area contributed by atoms with E-state index in [1.807, 2.05) is 73.7 Å². The number of carbonyl (C=O) groups is 1. The molecule has 0 fully saturated rings. The number of aromatic hydroxyl groups is 2. The Labute approximate surface area is 229 Å². The quantitative estimate of drug-likeness (QED) is 0.230. The van der Waals surface area contributed by atoms with Crippen LogP contribution in [0.25, 0.3) is 33.4 Å². The molecule has 0 aliphatic heterocycles. The van der Waals surface area contributed by atoms with E-state index in [4.69, 9.17) is 4.74 Å². The first kappa shape index (κ1) is 26.1. The minimum Gasteiger partial charge on any atom is -0.506 e. The molecule has 4 aromatic carbocycles. The molecule has 0 amide bonds. The maximum absolute atomic E-state index is 11.1. The topological polar surface area (TPSA) is 128 Å². The molecule has 0 aliphatic rings. The summed E-state index contributed by atoms with van der Waals surface area (Å²) in [7, 11) is 0. The van der Waals surface area contributed by atoms with E-state index in [1.165, 1.54) is 9.59 Å².